The van der Waals surface area contributed by atoms with E-state index in [0.717, 1.165) is 18.7 Å². The molecule has 6 heteroatoms. The number of carbonyl (C=O) groups is 1. The van der Waals surface area contributed by atoms with Gasteiger partial charge in [0.25, 0.3) is 5.56 Å². The number of nitrogens with zero attached hydrogens (tertiary/aromatic N) is 3. The van der Waals surface area contributed by atoms with Crippen LogP contribution >= 0.6 is 0 Å². The van der Waals surface area contributed by atoms with Gasteiger partial charge in [-0.25, -0.2) is 9.48 Å². The monoisotopic (exact) mass is 265 g/mol. The van der Waals surface area contributed by atoms with Gasteiger partial charge in [0.1, 0.15) is 0 Å². The highest BCUT2D eigenvalue weighted by Crippen LogP contribution is 2.07. The molecule has 1 aromatic heterocycles. The summed E-state index contributed by atoms with van der Waals surface area (Å²) in [5.74, 6) is -0.993. The Morgan fingerprint density at radius 1 is 1.58 bits per heavy atom. The second-order valence-electron chi connectivity index (χ2n) is 4.35. The third kappa shape index (κ3) is 4.24. The van der Waals surface area contributed by atoms with E-state index in [1.165, 1.54) is 23.7 Å². The maximum atomic E-state index is 11.8. The summed E-state index contributed by atoms with van der Waals surface area (Å²) in [4.78, 5) is 24.4. The lowest BCUT2D eigenvalue weighted by molar-refractivity contribution is -0.132. The van der Waals surface area contributed by atoms with Gasteiger partial charge >= 0.3 is 5.97 Å². The zero-order chi connectivity index (χ0) is 14.4. The lowest BCUT2D eigenvalue weighted by Gasteiger charge is -2.17. The van der Waals surface area contributed by atoms with E-state index in [1.54, 1.807) is 6.20 Å². The molecule has 6 nitrogen and oxygen atoms in total. The molecule has 0 unspecified atom stereocenters. The fourth-order valence-corrected chi connectivity index (χ4v) is 1.55. The molecule has 0 spiro atoms. The molecule has 0 fully saturated rings. The number of aliphatic carboxylic acids is 1. The van der Waals surface area contributed by atoms with Gasteiger partial charge in [-0.05, 0) is 13.3 Å². The van der Waals surface area contributed by atoms with E-state index in [-0.39, 0.29) is 17.7 Å². The predicted octanol–water partition coefficient (Wildman–Crippen LogP) is 1.12. The average Bonchev–Trinajstić information content (AvgIpc) is 2.36. The standard InChI is InChI=1S/C13H19N3O3/c1-4-6-15(3)11-8-12(17)16(14-9-11)7-5-10(2)13(18)19/h5,8-9H,4,6-7H2,1-3H3,(H,18,19)/b10-5-. The normalized spacial score (nSPS) is 11.4. The van der Waals surface area contributed by atoms with Crippen LogP contribution in [0.25, 0.3) is 0 Å². The van der Waals surface area contributed by atoms with Crippen molar-refractivity contribution in [3.05, 3.63) is 34.3 Å². The molecule has 0 aliphatic carbocycles. The number of rotatable bonds is 6. The van der Waals surface area contributed by atoms with Crippen molar-refractivity contribution in [3.8, 4) is 0 Å². The third-order valence-electron chi connectivity index (χ3n) is 2.76. The van der Waals surface area contributed by atoms with Crippen molar-refractivity contribution in [1.82, 2.24) is 9.78 Å². The molecular formula is C13H19N3O3. The fourth-order valence-electron chi connectivity index (χ4n) is 1.55. The zero-order valence-corrected chi connectivity index (χ0v) is 11.5. The van der Waals surface area contributed by atoms with Gasteiger partial charge in [-0.15, -0.1) is 0 Å². The van der Waals surface area contributed by atoms with Crippen molar-refractivity contribution in [1.29, 1.82) is 0 Å². The predicted molar refractivity (Wildman–Crippen MR) is 73.5 cm³/mol. The van der Waals surface area contributed by atoms with Crippen LogP contribution in [0.3, 0.4) is 0 Å². The number of aromatic nitrogens is 2. The van der Waals surface area contributed by atoms with Crippen molar-refractivity contribution in [2.24, 2.45) is 0 Å². The van der Waals surface area contributed by atoms with Gasteiger partial charge in [-0.1, -0.05) is 13.0 Å². The van der Waals surface area contributed by atoms with Crippen molar-refractivity contribution in [2.75, 3.05) is 18.5 Å². The van der Waals surface area contributed by atoms with Crippen molar-refractivity contribution < 1.29 is 9.90 Å². The van der Waals surface area contributed by atoms with Gasteiger partial charge in [-0.2, -0.15) is 5.10 Å². The fraction of sp³-hybridized carbons (Fsp3) is 0.462. The molecule has 0 saturated heterocycles. The van der Waals surface area contributed by atoms with Gasteiger partial charge in [0.05, 0.1) is 18.4 Å². The van der Waals surface area contributed by atoms with Crippen LogP contribution in [0.5, 0.6) is 0 Å². The summed E-state index contributed by atoms with van der Waals surface area (Å²) in [7, 11) is 1.90. The van der Waals surface area contributed by atoms with Crippen LogP contribution in [-0.4, -0.2) is 34.4 Å². The van der Waals surface area contributed by atoms with E-state index in [0.29, 0.717) is 0 Å². The van der Waals surface area contributed by atoms with E-state index >= 15 is 0 Å². The molecule has 0 radical (unpaired) electrons. The molecule has 1 N–H and O–H groups in total. The molecule has 0 atom stereocenters. The molecule has 1 rings (SSSR count). The molecule has 19 heavy (non-hydrogen) atoms. The summed E-state index contributed by atoms with van der Waals surface area (Å²) in [6.07, 6.45) is 4.06. The molecule has 1 aromatic rings. The van der Waals surface area contributed by atoms with Crippen LogP contribution < -0.4 is 10.5 Å². The Morgan fingerprint density at radius 3 is 2.79 bits per heavy atom. The number of hydrogen-bond donors (Lipinski definition) is 1. The maximum absolute atomic E-state index is 11.8. The van der Waals surface area contributed by atoms with E-state index in [9.17, 15) is 9.59 Å². The summed E-state index contributed by atoms with van der Waals surface area (Å²) >= 11 is 0. The first-order chi connectivity index (χ1) is 8.95. The first-order valence-corrected chi connectivity index (χ1v) is 6.14. The largest absolute Gasteiger partial charge is 0.478 e. The lowest BCUT2D eigenvalue weighted by atomic mass is 10.3. The lowest BCUT2D eigenvalue weighted by Crippen LogP contribution is -2.26. The quantitative estimate of drug-likeness (QED) is 0.780. The van der Waals surface area contributed by atoms with Crippen LogP contribution in [0.4, 0.5) is 5.69 Å². The molecular weight excluding hydrogens is 246 g/mol. The molecule has 0 saturated carbocycles. The second kappa shape index (κ2) is 6.72. The number of carboxylic acids is 1. The topological polar surface area (TPSA) is 75.4 Å². The van der Waals surface area contributed by atoms with E-state index in [2.05, 4.69) is 12.0 Å². The Hall–Kier alpha value is -2.11. The van der Waals surface area contributed by atoms with Gasteiger partial charge in [-0.3, -0.25) is 4.79 Å². The molecule has 0 amide bonds. The highest BCUT2D eigenvalue weighted by molar-refractivity contribution is 5.85. The highest BCUT2D eigenvalue weighted by atomic mass is 16.4. The Morgan fingerprint density at radius 2 is 2.26 bits per heavy atom. The van der Waals surface area contributed by atoms with Crippen LogP contribution in [0.1, 0.15) is 20.3 Å². The first-order valence-electron chi connectivity index (χ1n) is 6.14. The van der Waals surface area contributed by atoms with E-state index in [1.807, 2.05) is 11.9 Å². The average molecular weight is 265 g/mol. The number of hydrogen-bond acceptors (Lipinski definition) is 4. The SMILES string of the molecule is CCCN(C)c1cnn(C/C=C(/C)C(=O)O)c(=O)c1. The maximum Gasteiger partial charge on any atom is 0.331 e. The smallest absolute Gasteiger partial charge is 0.331 e. The van der Waals surface area contributed by atoms with E-state index in [4.69, 9.17) is 5.11 Å². The number of anilines is 1. The highest BCUT2D eigenvalue weighted by Gasteiger charge is 2.04. The Labute approximate surface area is 112 Å². The summed E-state index contributed by atoms with van der Waals surface area (Å²) in [6.45, 7) is 4.55. The minimum Gasteiger partial charge on any atom is -0.478 e. The zero-order valence-electron chi connectivity index (χ0n) is 11.5. The van der Waals surface area contributed by atoms with Crippen molar-refractivity contribution in [2.45, 2.75) is 26.8 Å². The molecule has 1 heterocycles. The van der Waals surface area contributed by atoms with Gasteiger partial charge < -0.3 is 10.0 Å². The van der Waals surface area contributed by atoms with Crippen LogP contribution in [0, 0.1) is 0 Å². The number of carboxylic acid groups (broad SMARTS) is 1. The van der Waals surface area contributed by atoms with Gasteiger partial charge in [0.15, 0.2) is 0 Å². The van der Waals surface area contributed by atoms with Crippen LogP contribution in [0.15, 0.2) is 28.7 Å². The van der Waals surface area contributed by atoms with Gasteiger partial charge in [0, 0.05) is 25.2 Å². The first kappa shape index (κ1) is 14.9. The molecule has 0 aliphatic rings. The van der Waals surface area contributed by atoms with Crippen LogP contribution in [0.2, 0.25) is 0 Å². The summed E-state index contributed by atoms with van der Waals surface area (Å²) in [5, 5.41) is 12.8. The van der Waals surface area contributed by atoms with E-state index < -0.39 is 5.97 Å². The molecule has 104 valence electrons. The summed E-state index contributed by atoms with van der Waals surface area (Å²) < 4.78 is 1.23. The number of allylic oxidation sites excluding steroid dienone is 1. The third-order valence-corrected chi connectivity index (χ3v) is 2.76. The Balaban J connectivity index is 2.87. The van der Waals surface area contributed by atoms with Crippen molar-refractivity contribution in [3.63, 3.8) is 0 Å². The molecule has 0 aromatic carbocycles. The second-order valence-corrected chi connectivity index (χ2v) is 4.35. The Kier molecular flexibility index (Phi) is 5.29. The minimum atomic E-state index is -0.993. The van der Waals surface area contributed by atoms with Crippen molar-refractivity contribution >= 4 is 11.7 Å². The minimum absolute atomic E-state index is 0.161. The van der Waals surface area contributed by atoms with Gasteiger partial charge in [0.2, 0.25) is 0 Å². The summed E-state index contributed by atoms with van der Waals surface area (Å²) in [5.41, 5.74) is 0.720. The summed E-state index contributed by atoms with van der Waals surface area (Å²) in [6, 6.07) is 1.51. The molecule has 0 aliphatic heterocycles. The van der Waals surface area contributed by atoms with Crippen LogP contribution in [-0.2, 0) is 11.3 Å². The molecule has 0 bridgehead atoms. The Bertz CT molecular complexity index is 534.